The van der Waals surface area contributed by atoms with Gasteiger partial charge in [0.15, 0.2) is 0 Å². The molecule has 0 aliphatic heterocycles. The van der Waals surface area contributed by atoms with Gasteiger partial charge in [-0.25, -0.2) is 0 Å². The normalized spacial score (nSPS) is 11.3. The standard InChI is InChI=1S/C17H17BrClNO/c1-17(2,3)13-7-5-4-6-12(13)16(21)20-15-9-8-11(19)10-14(15)18/h4-10H,1-3H3,(H,20,21). The number of anilines is 1. The first kappa shape index (κ1) is 16.1. The second-order valence-electron chi connectivity index (χ2n) is 5.87. The van der Waals surface area contributed by atoms with Crippen LogP contribution < -0.4 is 5.32 Å². The third-order valence-electron chi connectivity index (χ3n) is 3.16. The highest BCUT2D eigenvalue weighted by molar-refractivity contribution is 9.10. The van der Waals surface area contributed by atoms with Crippen LogP contribution in [0, 0.1) is 0 Å². The average Bonchev–Trinajstić information content (AvgIpc) is 2.41. The SMILES string of the molecule is CC(C)(C)c1ccccc1C(=O)Nc1ccc(Cl)cc1Br. The summed E-state index contributed by atoms with van der Waals surface area (Å²) >= 11 is 9.32. The molecule has 2 aromatic rings. The zero-order valence-corrected chi connectivity index (χ0v) is 14.5. The summed E-state index contributed by atoms with van der Waals surface area (Å²) in [7, 11) is 0. The largest absolute Gasteiger partial charge is 0.321 e. The molecule has 2 nitrogen and oxygen atoms in total. The van der Waals surface area contributed by atoms with Crippen molar-refractivity contribution in [1.29, 1.82) is 0 Å². The van der Waals surface area contributed by atoms with Gasteiger partial charge in [0, 0.05) is 15.1 Å². The first-order valence-electron chi connectivity index (χ1n) is 6.65. The minimum absolute atomic E-state index is 0.0921. The van der Waals surface area contributed by atoms with E-state index in [2.05, 4.69) is 42.0 Å². The van der Waals surface area contributed by atoms with E-state index >= 15 is 0 Å². The number of hydrogen-bond acceptors (Lipinski definition) is 1. The molecular formula is C17H17BrClNO. The fourth-order valence-electron chi connectivity index (χ4n) is 2.12. The maximum absolute atomic E-state index is 12.6. The van der Waals surface area contributed by atoms with Crippen molar-refractivity contribution in [3.05, 3.63) is 63.1 Å². The molecule has 0 bridgehead atoms. The van der Waals surface area contributed by atoms with Crippen molar-refractivity contribution in [2.24, 2.45) is 0 Å². The fraction of sp³-hybridized carbons (Fsp3) is 0.235. The summed E-state index contributed by atoms with van der Waals surface area (Å²) in [6, 6.07) is 13.0. The van der Waals surface area contributed by atoms with Crippen molar-refractivity contribution in [3.8, 4) is 0 Å². The molecule has 1 amide bonds. The number of carbonyl (C=O) groups excluding carboxylic acids is 1. The van der Waals surface area contributed by atoms with Gasteiger partial charge in [-0.2, -0.15) is 0 Å². The summed E-state index contributed by atoms with van der Waals surface area (Å²) in [5.74, 6) is -0.122. The molecule has 110 valence electrons. The van der Waals surface area contributed by atoms with Crippen LogP contribution in [0.2, 0.25) is 5.02 Å². The van der Waals surface area contributed by atoms with Gasteiger partial charge >= 0.3 is 0 Å². The van der Waals surface area contributed by atoms with Crippen molar-refractivity contribution in [2.75, 3.05) is 5.32 Å². The van der Waals surface area contributed by atoms with Gasteiger partial charge in [-0.1, -0.05) is 50.6 Å². The highest BCUT2D eigenvalue weighted by atomic mass is 79.9. The lowest BCUT2D eigenvalue weighted by Crippen LogP contribution is -2.21. The molecule has 0 unspecified atom stereocenters. The van der Waals surface area contributed by atoms with Crippen molar-refractivity contribution in [1.82, 2.24) is 0 Å². The molecule has 0 radical (unpaired) electrons. The molecule has 2 rings (SSSR count). The number of rotatable bonds is 2. The van der Waals surface area contributed by atoms with Gasteiger partial charge in [0.25, 0.3) is 5.91 Å². The topological polar surface area (TPSA) is 29.1 Å². The van der Waals surface area contributed by atoms with Crippen LogP contribution in [0.15, 0.2) is 46.9 Å². The molecule has 0 aliphatic rings. The molecule has 0 fully saturated rings. The third-order valence-corrected chi connectivity index (χ3v) is 4.05. The Bertz CT molecular complexity index is 677. The minimum atomic E-state index is -0.122. The monoisotopic (exact) mass is 365 g/mol. The zero-order valence-electron chi connectivity index (χ0n) is 12.2. The van der Waals surface area contributed by atoms with E-state index in [1.54, 1.807) is 18.2 Å². The molecule has 1 N–H and O–H groups in total. The van der Waals surface area contributed by atoms with Gasteiger partial charge in [0.2, 0.25) is 0 Å². The third kappa shape index (κ3) is 3.86. The maximum Gasteiger partial charge on any atom is 0.255 e. The molecule has 2 aromatic carbocycles. The predicted octanol–water partition coefficient (Wildman–Crippen LogP) is 5.65. The van der Waals surface area contributed by atoms with Gasteiger partial charge in [0.1, 0.15) is 0 Å². The van der Waals surface area contributed by atoms with Crippen LogP contribution in [-0.4, -0.2) is 5.91 Å². The highest BCUT2D eigenvalue weighted by Crippen LogP contribution is 2.29. The molecule has 21 heavy (non-hydrogen) atoms. The Balaban J connectivity index is 2.33. The Labute approximate surface area is 138 Å². The predicted molar refractivity (Wildman–Crippen MR) is 92.2 cm³/mol. The van der Waals surface area contributed by atoms with E-state index in [0.717, 1.165) is 10.0 Å². The number of hydrogen-bond donors (Lipinski definition) is 1. The van der Waals surface area contributed by atoms with Crippen LogP contribution in [0.3, 0.4) is 0 Å². The molecule has 0 aliphatic carbocycles. The van der Waals surface area contributed by atoms with E-state index in [-0.39, 0.29) is 11.3 Å². The first-order chi connectivity index (χ1) is 9.79. The Morgan fingerprint density at radius 2 is 1.81 bits per heavy atom. The lowest BCUT2D eigenvalue weighted by atomic mass is 9.83. The van der Waals surface area contributed by atoms with Crippen molar-refractivity contribution >= 4 is 39.1 Å². The van der Waals surface area contributed by atoms with Crippen LogP contribution in [0.1, 0.15) is 36.7 Å². The fourth-order valence-corrected chi connectivity index (χ4v) is 2.90. The summed E-state index contributed by atoms with van der Waals surface area (Å²) < 4.78 is 0.761. The minimum Gasteiger partial charge on any atom is -0.321 e. The number of halogens is 2. The Morgan fingerprint density at radius 1 is 1.14 bits per heavy atom. The average molecular weight is 367 g/mol. The Morgan fingerprint density at radius 3 is 2.43 bits per heavy atom. The van der Waals surface area contributed by atoms with E-state index in [1.165, 1.54) is 0 Å². The van der Waals surface area contributed by atoms with Crippen LogP contribution >= 0.6 is 27.5 Å². The van der Waals surface area contributed by atoms with Gasteiger partial charge < -0.3 is 5.32 Å². The van der Waals surface area contributed by atoms with Gasteiger partial charge in [-0.05, 0) is 51.2 Å². The van der Waals surface area contributed by atoms with Gasteiger partial charge in [0.05, 0.1) is 5.69 Å². The summed E-state index contributed by atoms with van der Waals surface area (Å²) in [5, 5.41) is 3.54. The lowest BCUT2D eigenvalue weighted by molar-refractivity contribution is 0.102. The van der Waals surface area contributed by atoms with E-state index in [9.17, 15) is 4.79 Å². The lowest BCUT2D eigenvalue weighted by Gasteiger charge is -2.22. The summed E-state index contributed by atoms with van der Waals surface area (Å²) in [5.41, 5.74) is 2.32. The number of amides is 1. The second-order valence-corrected chi connectivity index (χ2v) is 7.16. The molecule has 0 aromatic heterocycles. The van der Waals surface area contributed by atoms with E-state index < -0.39 is 0 Å². The number of nitrogens with one attached hydrogen (secondary N) is 1. The molecule has 4 heteroatoms. The second kappa shape index (κ2) is 6.20. The zero-order chi connectivity index (χ0) is 15.6. The molecular weight excluding hydrogens is 350 g/mol. The molecule has 0 heterocycles. The molecule has 0 spiro atoms. The number of benzene rings is 2. The van der Waals surface area contributed by atoms with Gasteiger partial charge in [-0.3, -0.25) is 4.79 Å². The summed E-state index contributed by atoms with van der Waals surface area (Å²) in [6.07, 6.45) is 0. The van der Waals surface area contributed by atoms with Crippen molar-refractivity contribution in [3.63, 3.8) is 0 Å². The van der Waals surface area contributed by atoms with E-state index in [4.69, 9.17) is 11.6 Å². The molecule has 0 saturated carbocycles. The molecule has 0 saturated heterocycles. The van der Waals surface area contributed by atoms with Crippen LogP contribution in [0.5, 0.6) is 0 Å². The van der Waals surface area contributed by atoms with Crippen LogP contribution in [-0.2, 0) is 5.41 Å². The summed E-state index contributed by atoms with van der Waals surface area (Å²) in [6.45, 7) is 6.28. The summed E-state index contributed by atoms with van der Waals surface area (Å²) in [4.78, 5) is 12.6. The molecule has 0 atom stereocenters. The smallest absolute Gasteiger partial charge is 0.255 e. The van der Waals surface area contributed by atoms with Crippen molar-refractivity contribution in [2.45, 2.75) is 26.2 Å². The quantitative estimate of drug-likeness (QED) is 0.731. The Kier molecular flexibility index (Phi) is 4.74. The van der Waals surface area contributed by atoms with Crippen LogP contribution in [0.4, 0.5) is 5.69 Å². The van der Waals surface area contributed by atoms with Gasteiger partial charge in [-0.15, -0.1) is 0 Å². The number of carbonyl (C=O) groups is 1. The maximum atomic E-state index is 12.6. The van der Waals surface area contributed by atoms with Crippen LogP contribution in [0.25, 0.3) is 0 Å². The highest BCUT2D eigenvalue weighted by Gasteiger charge is 2.21. The van der Waals surface area contributed by atoms with Crippen molar-refractivity contribution < 1.29 is 4.79 Å². The van der Waals surface area contributed by atoms with E-state index in [1.807, 2.05) is 24.3 Å². The van der Waals surface area contributed by atoms with E-state index in [0.29, 0.717) is 16.3 Å². The Hall–Kier alpha value is -1.32. The first-order valence-corrected chi connectivity index (χ1v) is 7.82.